The van der Waals surface area contributed by atoms with Crippen molar-refractivity contribution in [2.45, 2.75) is 19.2 Å². The Morgan fingerprint density at radius 1 is 1.45 bits per heavy atom. The smallest absolute Gasteiger partial charge is 0.505 e. The largest absolute Gasteiger partial charge is 0.574 e. The molecule has 1 rings (SSSR count). The molecule has 0 aromatic carbocycles. The predicted octanol–water partition coefficient (Wildman–Crippen LogP) is 2.34. The normalized spacial score (nSPS) is 11.6. The molecule has 0 spiro atoms. The van der Waals surface area contributed by atoms with Gasteiger partial charge in [0.1, 0.15) is 5.75 Å². The third-order valence-electron chi connectivity index (χ3n) is 2.06. The fourth-order valence-electron chi connectivity index (χ4n) is 1.27. The van der Waals surface area contributed by atoms with Gasteiger partial charge in [-0.2, -0.15) is 0 Å². The van der Waals surface area contributed by atoms with Crippen molar-refractivity contribution in [1.29, 1.82) is 0 Å². The zero-order chi connectivity index (χ0) is 15.5. The van der Waals surface area contributed by atoms with Crippen molar-refractivity contribution < 1.29 is 41.3 Å². The fraction of sp³-hybridized carbons (Fsp3) is 0.400. The topological polar surface area (TPSA) is 68.7 Å². The lowest BCUT2D eigenvalue weighted by atomic mass is 10.1. The summed E-state index contributed by atoms with van der Waals surface area (Å²) in [4.78, 5) is 13.9. The summed E-state index contributed by atoms with van der Waals surface area (Å²) in [5.41, 5.74) is -1.83. The zero-order valence-electron chi connectivity index (χ0n) is 9.87. The Bertz CT molecular complexity index is 503. The van der Waals surface area contributed by atoms with E-state index in [9.17, 15) is 31.9 Å². The van der Waals surface area contributed by atoms with Crippen molar-refractivity contribution >= 4 is 5.97 Å². The van der Waals surface area contributed by atoms with E-state index in [1.807, 2.05) is 0 Å². The van der Waals surface area contributed by atoms with Crippen molar-refractivity contribution in [3.63, 3.8) is 0 Å². The second-order valence-electron chi connectivity index (χ2n) is 3.45. The molecule has 10 heteroatoms. The minimum absolute atomic E-state index is 0.513. The number of aromatic nitrogens is 1. The maximum absolute atomic E-state index is 12.6. The van der Waals surface area contributed by atoms with Gasteiger partial charge in [0.2, 0.25) is 5.88 Å². The van der Waals surface area contributed by atoms with Gasteiger partial charge in [-0.05, 0) is 0 Å². The van der Waals surface area contributed by atoms with Crippen LogP contribution >= 0.6 is 0 Å². The summed E-state index contributed by atoms with van der Waals surface area (Å²) < 4.78 is 68.8. The standard InChI is InChI=1S/C10H8F5NO4/c1-19-6(17)3-4-2-5(20-10(13,14)15)16-7(8(4)18)9(11)12/h2,9,18H,3H2,1H3. The van der Waals surface area contributed by atoms with Gasteiger partial charge in [0.25, 0.3) is 6.43 Å². The van der Waals surface area contributed by atoms with Crippen LogP contribution in [0.4, 0.5) is 22.0 Å². The van der Waals surface area contributed by atoms with Crippen molar-refractivity contribution in [2.75, 3.05) is 7.11 Å². The molecular weight excluding hydrogens is 293 g/mol. The number of nitrogens with zero attached hydrogens (tertiary/aromatic N) is 1. The van der Waals surface area contributed by atoms with Crippen molar-refractivity contribution in [2.24, 2.45) is 0 Å². The Morgan fingerprint density at radius 2 is 2.05 bits per heavy atom. The number of carbonyl (C=O) groups is 1. The molecule has 1 aromatic rings. The molecule has 0 fully saturated rings. The Morgan fingerprint density at radius 3 is 2.50 bits per heavy atom. The van der Waals surface area contributed by atoms with E-state index < -0.39 is 48.1 Å². The van der Waals surface area contributed by atoms with Crippen LogP contribution in [-0.4, -0.2) is 29.5 Å². The first-order valence-electron chi connectivity index (χ1n) is 4.97. The molecule has 0 unspecified atom stereocenters. The first-order chi connectivity index (χ1) is 9.14. The number of aromatic hydroxyl groups is 1. The summed E-state index contributed by atoms with van der Waals surface area (Å²) in [5, 5.41) is 9.44. The van der Waals surface area contributed by atoms with Crippen LogP contribution in [0.5, 0.6) is 11.6 Å². The van der Waals surface area contributed by atoms with E-state index in [1.54, 1.807) is 0 Å². The van der Waals surface area contributed by atoms with E-state index in [-0.39, 0.29) is 0 Å². The van der Waals surface area contributed by atoms with Crippen molar-refractivity contribution in [3.8, 4) is 11.6 Å². The van der Waals surface area contributed by atoms with E-state index in [0.717, 1.165) is 7.11 Å². The van der Waals surface area contributed by atoms with E-state index in [0.29, 0.717) is 6.07 Å². The molecule has 5 nitrogen and oxygen atoms in total. The number of alkyl halides is 5. The highest BCUT2D eigenvalue weighted by molar-refractivity contribution is 5.73. The first kappa shape index (κ1) is 15.9. The molecule has 0 aliphatic rings. The number of hydrogen-bond donors (Lipinski definition) is 1. The monoisotopic (exact) mass is 301 g/mol. The van der Waals surface area contributed by atoms with Gasteiger partial charge in [-0.15, -0.1) is 13.2 Å². The summed E-state index contributed by atoms with van der Waals surface area (Å²) in [5.74, 6) is -3.23. The second kappa shape index (κ2) is 5.88. The van der Waals surface area contributed by atoms with Crippen molar-refractivity contribution in [1.82, 2.24) is 4.98 Å². The molecule has 0 amide bonds. The second-order valence-corrected chi connectivity index (χ2v) is 3.45. The highest BCUT2D eigenvalue weighted by Crippen LogP contribution is 2.34. The predicted molar refractivity (Wildman–Crippen MR) is 53.3 cm³/mol. The minimum atomic E-state index is -5.15. The Hall–Kier alpha value is -2.13. The van der Waals surface area contributed by atoms with Crippen molar-refractivity contribution in [3.05, 3.63) is 17.3 Å². The zero-order valence-corrected chi connectivity index (χ0v) is 9.87. The van der Waals surface area contributed by atoms with Crippen LogP contribution in [0.15, 0.2) is 6.07 Å². The van der Waals surface area contributed by atoms with Crippen LogP contribution in [0.1, 0.15) is 17.7 Å². The maximum Gasteiger partial charge on any atom is 0.574 e. The molecule has 0 radical (unpaired) electrons. The van der Waals surface area contributed by atoms with Crippen LogP contribution in [0.3, 0.4) is 0 Å². The molecule has 1 heterocycles. The molecule has 0 atom stereocenters. The molecule has 0 saturated carbocycles. The van der Waals surface area contributed by atoms with E-state index in [2.05, 4.69) is 14.5 Å². The third kappa shape index (κ3) is 4.21. The summed E-state index contributed by atoms with van der Waals surface area (Å²) in [7, 11) is 0.988. The van der Waals surface area contributed by atoms with E-state index in [1.165, 1.54) is 0 Å². The van der Waals surface area contributed by atoms with Crippen LogP contribution < -0.4 is 4.74 Å². The maximum atomic E-state index is 12.6. The van der Waals surface area contributed by atoms with Gasteiger partial charge in [0.15, 0.2) is 5.69 Å². The van der Waals surface area contributed by atoms with E-state index in [4.69, 9.17) is 0 Å². The number of ether oxygens (including phenoxy) is 2. The van der Waals surface area contributed by atoms with E-state index >= 15 is 0 Å². The average Bonchev–Trinajstić information content (AvgIpc) is 2.30. The first-order valence-corrected chi connectivity index (χ1v) is 4.97. The Kier molecular flexibility index (Phi) is 4.69. The molecular formula is C10H8F5NO4. The number of methoxy groups -OCH3 is 1. The number of esters is 1. The number of hydrogen-bond acceptors (Lipinski definition) is 5. The highest BCUT2D eigenvalue weighted by Gasteiger charge is 2.33. The molecule has 0 saturated heterocycles. The number of carbonyl (C=O) groups excluding carboxylic acids is 1. The number of rotatable bonds is 4. The summed E-state index contributed by atoms with van der Waals surface area (Å²) in [6.07, 6.45) is -9.20. The summed E-state index contributed by atoms with van der Waals surface area (Å²) in [6, 6.07) is 0.533. The molecule has 1 aromatic heterocycles. The molecule has 0 aliphatic carbocycles. The van der Waals surface area contributed by atoms with Crippen LogP contribution in [-0.2, 0) is 16.0 Å². The van der Waals surface area contributed by atoms with Crippen LogP contribution in [0, 0.1) is 0 Å². The lowest BCUT2D eigenvalue weighted by molar-refractivity contribution is -0.276. The van der Waals surface area contributed by atoms with Gasteiger partial charge in [0.05, 0.1) is 13.5 Å². The third-order valence-corrected chi connectivity index (χ3v) is 2.06. The molecule has 20 heavy (non-hydrogen) atoms. The molecule has 112 valence electrons. The molecule has 0 bridgehead atoms. The van der Waals surface area contributed by atoms with Gasteiger partial charge in [-0.1, -0.05) is 0 Å². The minimum Gasteiger partial charge on any atom is -0.505 e. The fourth-order valence-corrected chi connectivity index (χ4v) is 1.27. The Labute approximate surface area is 108 Å². The quantitative estimate of drug-likeness (QED) is 0.683. The highest BCUT2D eigenvalue weighted by atomic mass is 19.4. The van der Waals surface area contributed by atoms with Gasteiger partial charge in [0, 0.05) is 11.6 Å². The molecule has 0 aliphatic heterocycles. The number of halogens is 5. The van der Waals surface area contributed by atoms with Gasteiger partial charge >= 0.3 is 12.3 Å². The summed E-state index contributed by atoms with van der Waals surface area (Å²) in [6.45, 7) is 0. The van der Waals surface area contributed by atoms with Crippen LogP contribution in [0.25, 0.3) is 0 Å². The SMILES string of the molecule is COC(=O)Cc1cc(OC(F)(F)F)nc(C(F)F)c1O. The average molecular weight is 301 g/mol. The van der Waals surface area contributed by atoms with Gasteiger partial charge in [-0.3, -0.25) is 4.79 Å². The lowest BCUT2D eigenvalue weighted by Crippen LogP contribution is -2.19. The summed E-state index contributed by atoms with van der Waals surface area (Å²) >= 11 is 0. The van der Waals surface area contributed by atoms with Gasteiger partial charge in [-0.25, -0.2) is 13.8 Å². The van der Waals surface area contributed by atoms with Gasteiger partial charge < -0.3 is 14.6 Å². The molecule has 1 N–H and O–H groups in total. The Balaban J connectivity index is 3.24. The lowest BCUT2D eigenvalue weighted by Gasteiger charge is -2.13. The number of pyridine rings is 1. The van der Waals surface area contributed by atoms with Crippen LogP contribution in [0.2, 0.25) is 0 Å².